The molecule has 0 spiro atoms. The lowest BCUT2D eigenvalue weighted by Crippen LogP contribution is -2.18. The first-order valence-corrected chi connectivity index (χ1v) is 9.88. The van der Waals surface area contributed by atoms with Crippen molar-refractivity contribution in [1.29, 1.82) is 0 Å². The molecule has 0 saturated carbocycles. The first kappa shape index (κ1) is 17.8. The van der Waals surface area contributed by atoms with Crippen molar-refractivity contribution in [3.63, 3.8) is 0 Å². The molecule has 3 aromatic rings. The molecule has 27 heavy (non-hydrogen) atoms. The number of nitrogens with zero attached hydrogens (tertiary/aromatic N) is 2. The van der Waals surface area contributed by atoms with Gasteiger partial charge in [-0.3, -0.25) is 10.1 Å². The van der Waals surface area contributed by atoms with Crippen molar-refractivity contribution < 1.29 is 4.79 Å². The molecule has 0 radical (unpaired) electrons. The summed E-state index contributed by atoms with van der Waals surface area (Å²) < 4.78 is 0. The minimum Gasteiger partial charge on any atom is -0.364 e. The number of nitrogens with one attached hydrogen (secondary N) is 1. The van der Waals surface area contributed by atoms with Crippen LogP contribution in [0.5, 0.6) is 0 Å². The molecule has 1 amide bonds. The molecule has 4 rings (SSSR count). The lowest BCUT2D eigenvalue weighted by Gasteiger charge is -2.17. The van der Waals surface area contributed by atoms with E-state index in [9.17, 15) is 4.79 Å². The second-order valence-corrected chi connectivity index (χ2v) is 7.80. The van der Waals surface area contributed by atoms with E-state index in [1.165, 1.54) is 11.3 Å². The van der Waals surface area contributed by atoms with E-state index in [-0.39, 0.29) is 5.91 Å². The number of carbonyl (C=O) groups is 1. The van der Waals surface area contributed by atoms with E-state index in [1.54, 1.807) is 6.20 Å². The standard InChI is InChI=1S/C21H18ClN3OS/c22-19-6-2-1-5-16(19)13-18-14-23-21(27-18)24-20(26)15-7-9-17(10-8-15)25-11-3-4-12-25/h1-10,14H,11-13H2,(H,23,24,26). The Hall–Kier alpha value is -2.63. The Kier molecular flexibility index (Phi) is 5.23. The first-order valence-electron chi connectivity index (χ1n) is 8.68. The number of carbonyl (C=O) groups excluding carboxylic acids is 1. The van der Waals surface area contributed by atoms with Gasteiger partial charge in [-0.2, -0.15) is 0 Å². The summed E-state index contributed by atoms with van der Waals surface area (Å²) >= 11 is 7.68. The van der Waals surface area contributed by atoms with Gasteiger partial charge in [-0.1, -0.05) is 42.0 Å². The summed E-state index contributed by atoms with van der Waals surface area (Å²) in [6, 6.07) is 15.4. The molecule has 136 valence electrons. The topological polar surface area (TPSA) is 45.2 Å². The monoisotopic (exact) mass is 395 g/mol. The van der Waals surface area contributed by atoms with Crippen LogP contribution in [0.25, 0.3) is 0 Å². The van der Waals surface area contributed by atoms with Gasteiger partial charge in [-0.25, -0.2) is 4.98 Å². The third kappa shape index (κ3) is 4.21. The van der Waals surface area contributed by atoms with Crippen molar-refractivity contribution in [2.75, 3.05) is 23.3 Å². The quantitative estimate of drug-likeness (QED) is 0.617. The average molecular weight is 396 g/mol. The predicted molar refractivity (Wildman–Crippen MR) is 112 cm³/mol. The van der Waals surface area contributed by atoms with Gasteiger partial charge in [0.15, 0.2) is 5.13 Å². The molecule has 4 nitrogen and oxygen atoms in total. The number of benzene rings is 2. The fraction of sp³-hybridized carbons (Fsp3) is 0.143. The Balaban J connectivity index is 1.39. The summed E-state index contributed by atoms with van der Waals surface area (Å²) in [5.74, 6) is -0.153. The Morgan fingerprint density at radius 3 is 2.59 bits per heavy atom. The largest absolute Gasteiger partial charge is 0.364 e. The van der Waals surface area contributed by atoms with Crippen molar-refractivity contribution in [3.8, 4) is 0 Å². The molecule has 0 aliphatic carbocycles. The minimum atomic E-state index is -0.153. The van der Waals surface area contributed by atoms with Gasteiger partial charge in [0.2, 0.25) is 0 Å². The zero-order valence-corrected chi connectivity index (χ0v) is 16.1. The number of amides is 1. The van der Waals surface area contributed by atoms with Crippen molar-refractivity contribution in [1.82, 2.24) is 4.98 Å². The Labute approximate surface area is 167 Å². The molecule has 0 fully saturated rings. The van der Waals surface area contributed by atoms with E-state index < -0.39 is 0 Å². The number of hydrogen-bond acceptors (Lipinski definition) is 4. The summed E-state index contributed by atoms with van der Waals surface area (Å²) in [6.45, 7) is 1.83. The van der Waals surface area contributed by atoms with Crippen LogP contribution in [0, 0.1) is 0 Å². The molecular weight excluding hydrogens is 378 g/mol. The van der Waals surface area contributed by atoms with Crippen LogP contribution in [0.2, 0.25) is 5.02 Å². The van der Waals surface area contributed by atoms with E-state index in [0.717, 1.165) is 34.2 Å². The number of aromatic nitrogens is 1. The molecular formula is C21H18ClN3OS. The Morgan fingerprint density at radius 2 is 1.85 bits per heavy atom. The van der Waals surface area contributed by atoms with E-state index in [1.807, 2.05) is 48.5 Å². The third-order valence-corrected chi connectivity index (χ3v) is 5.69. The number of hydrogen-bond donors (Lipinski definition) is 1. The highest BCUT2D eigenvalue weighted by Gasteiger charge is 2.12. The van der Waals surface area contributed by atoms with Crippen LogP contribution in [0.4, 0.5) is 10.8 Å². The fourth-order valence-electron chi connectivity index (χ4n) is 2.96. The SMILES string of the molecule is O=C(Nc1ncc(Cc2ccccc2Cl)s1)c1ccc(N2CC=CC2)cc1. The zero-order chi connectivity index (χ0) is 18.6. The summed E-state index contributed by atoms with van der Waals surface area (Å²) in [7, 11) is 0. The molecule has 2 aromatic carbocycles. The van der Waals surface area contributed by atoms with Crippen LogP contribution in [0.3, 0.4) is 0 Å². The second kappa shape index (κ2) is 7.94. The van der Waals surface area contributed by atoms with Crippen LogP contribution in [-0.2, 0) is 6.42 Å². The zero-order valence-electron chi connectivity index (χ0n) is 14.6. The number of halogens is 1. The highest BCUT2D eigenvalue weighted by atomic mass is 35.5. The molecule has 1 N–H and O–H groups in total. The summed E-state index contributed by atoms with van der Waals surface area (Å²) in [6.07, 6.45) is 6.77. The van der Waals surface area contributed by atoms with E-state index in [4.69, 9.17) is 11.6 Å². The Bertz CT molecular complexity index is 973. The molecule has 6 heteroatoms. The normalized spacial score (nSPS) is 13.1. The van der Waals surface area contributed by atoms with Crippen molar-refractivity contribution in [2.45, 2.75) is 6.42 Å². The highest BCUT2D eigenvalue weighted by Crippen LogP contribution is 2.25. The number of rotatable bonds is 5. The van der Waals surface area contributed by atoms with Gasteiger partial charge in [0.1, 0.15) is 0 Å². The minimum absolute atomic E-state index is 0.153. The number of thiazole rings is 1. The van der Waals surface area contributed by atoms with E-state index in [2.05, 4.69) is 27.4 Å². The molecule has 0 atom stereocenters. The van der Waals surface area contributed by atoms with Crippen LogP contribution in [0.15, 0.2) is 66.9 Å². The third-order valence-electron chi connectivity index (χ3n) is 4.41. The van der Waals surface area contributed by atoms with Gasteiger partial charge < -0.3 is 4.90 Å². The molecule has 1 aliphatic heterocycles. The molecule has 0 unspecified atom stereocenters. The molecule has 1 aliphatic rings. The highest BCUT2D eigenvalue weighted by molar-refractivity contribution is 7.15. The summed E-state index contributed by atoms with van der Waals surface area (Å²) in [5, 5.41) is 4.21. The van der Waals surface area contributed by atoms with Crippen LogP contribution in [0.1, 0.15) is 20.8 Å². The molecule has 1 aromatic heterocycles. The van der Waals surface area contributed by atoms with E-state index in [0.29, 0.717) is 17.1 Å². The maximum absolute atomic E-state index is 12.5. The van der Waals surface area contributed by atoms with Gasteiger partial charge in [0, 0.05) is 46.9 Å². The lowest BCUT2D eigenvalue weighted by molar-refractivity contribution is 0.102. The van der Waals surface area contributed by atoms with Gasteiger partial charge in [-0.05, 0) is 35.9 Å². The van der Waals surface area contributed by atoms with Crippen molar-refractivity contribution in [3.05, 3.63) is 87.9 Å². The van der Waals surface area contributed by atoms with Gasteiger partial charge in [0.05, 0.1) is 0 Å². The van der Waals surface area contributed by atoms with Crippen molar-refractivity contribution in [2.24, 2.45) is 0 Å². The van der Waals surface area contributed by atoms with Crippen LogP contribution in [-0.4, -0.2) is 24.0 Å². The smallest absolute Gasteiger partial charge is 0.257 e. The average Bonchev–Trinajstić information content (AvgIpc) is 3.36. The molecule has 2 heterocycles. The van der Waals surface area contributed by atoms with Crippen LogP contribution >= 0.6 is 22.9 Å². The number of anilines is 2. The first-order chi connectivity index (χ1) is 13.2. The van der Waals surface area contributed by atoms with Gasteiger partial charge in [-0.15, -0.1) is 11.3 Å². The van der Waals surface area contributed by atoms with Gasteiger partial charge in [0.25, 0.3) is 5.91 Å². The maximum Gasteiger partial charge on any atom is 0.257 e. The summed E-state index contributed by atoms with van der Waals surface area (Å²) in [4.78, 5) is 20.1. The van der Waals surface area contributed by atoms with Crippen molar-refractivity contribution >= 4 is 39.7 Å². The summed E-state index contributed by atoms with van der Waals surface area (Å²) in [5.41, 5.74) is 2.79. The van der Waals surface area contributed by atoms with Crippen LogP contribution < -0.4 is 10.2 Å². The second-order valence-electron chi connectivity index (χ2n) is 6.28. The lowest BCUT2D eigenvalue weighted by atomic mass is 10.1. The maximum atomic E-state index is 12.5. The van der Waals surface area contributed by atoms with E-state index >= 15 is 0 Å². The Morgan fingerprint density at radius 1 is 1.11 bits per heavy atom. The predicted octanol–water partition coefficient (Wildman–Crippen LogP) is 5.02. The van der Waals surface area contributed by atoms with Gasteiger partial charge >= 0.3 is 0 Å². The molecule has 0 bridgehead atoms. The molecule has 0 saturated heterocycles. The fourth-order valence-corrected chi connectivity index (χ4v) is 3.99.